The lowest BCUT2D eigenvalue weighted by Gasteiger charge is -1.91. The van der Waals surface area contributed by atoms with Crippen molar-refractivity contribution in [1.82, 2.24) is 0 Å². The van der Waals surface area contributed by atoms with E-state index in [4.69, 9.17) is 46.4 Å². The Kier molecular flexibility index (Phi) is 5.63. The van der Waals surface area contributed by atoms with Crippen molar-refractivity contribution < 1.29 is 4.79 Å². The first-order chi connectivity index (χ1) is 7.50. The number of hydrogen-bond donors (Lipinski definition) is 0. The lowest BCUT2D eigenvalue weighted by molar-refractivity contribution is -0.111. The third-order valence-electron chi connectivity index (χ3n) is 2.07. The first-order valence-electron chi connectivity index (χ1n) is 4.49. The number of carbonyl (C=O) groups excluding carboxylic acids is 1. The second-order valence-corrected chi connectivity index (χ2v) is 5.14. The molecule has 16 heavy (non-hydrogen) atoms. The SMILES string of the molecule is O=C1/C(=C\C=C(Cl)Cl)CC/C1=C\C=C(Cl)Cl. The summed E-state index contributed by atoms with van der Waals surface area (Å²) in [7, 11) is 0. The molecule has 0 atom stereocenters. The van der Waals surface area contributed by atoms with Gasteiger partial charge in [0.1, 0.15) is 8.98 Å². The zero-order chi connectivity index (χ0) is 12.1. The summed E-state index contributed by atoms with van der Waals surface area (Å²) in [6.45, 7) is 0. The average Bonchev–Trinajstić information content (AvgIpc) is 2.53. The maximum Gasteiger partial charge on any atom is 0.185 e. The summed E-state index contributed by atoms with van der Waals surface area (Å²) in [4.78, 5) is 11.8. The number of carbonyl (C=O) groups is 1. The summed E-state index contributed by atoms with van der Waals surface area (Å²) < 4.78 is 0.253. The second-order valence-electron chi connectivity index (χ2n) is 3.13. The maximum atomic E-state index is 11.8. The summed E-state index contributed by atoms with van der Waals surface area (Å²) >= 11 is 21.8. The molecule has 0 aromatic rings. The molecule has 1 aliphatic carbocycles. The van der Waals surface area contributed by atoms with Crippen molar-refractivity contribution in [3.05, 3.63) is 44.4 Å². The van der Waals surface area contributed by atoms with Gasteiger partial charge in [0, 0.05) is 11.1 Å². The van der Waals surface area contributed by atoms with Crippen molar-refractivity contribution in [2.75, 3.05) is 0 Å². The number of hydrogen-bond acceptors (Lipinski definition) is 1. The van der Waals surface area contributed by atoms with E-state index in [2.05, 4.69) is 0 Å². The first kappa shape index (κ1) is 13.9. The molecule has 1 fully saturated rings. The van der Waals surface area contributed by atoms with Crippen molar-refractivity contribution in [2.24, 2.45) is 0 Å². The summed E-state index contributed by atoms with van der Waals surface area (Å²) in [6, 6.07) is 0. The third-order valence-corrected chi connectivity index (χ3v) is 2.57. The Morgan fingerprint density at radius 1 is 0.875 bits per heavy atom. The van der Waals surface area contributed by atoms with Crippen LogP contribution in [0.1, 0.15) is 12.8 Å². The Morgan fingerprint density at radius 3 is 1.56 bits per heavy atom. The van der Waals surface area contributed by atoms with E-state index < -0.39 is 0 Å². The van der Waals surface area contributed by atoms with Crippen molar-refractivity contribution in [2.45, 2.75) is 12.8 Å². The fourth-order valence-electron chi connectivity index (χ4n) is 1.35. The van der Waals surface area contributed by atoms with Gasteiger partial charge in [-0.2, -0.15) is 0 Å². The van der Waals surface area contributed by atoms with Crippen LogP contribution in [0.15, 0.2) is 44.4 Å². The summed E-state index contributed by atoms with van der Waals surface area (Å²) in [5.74, 6) is -0.0170. The normalized spacial score (nSPS) is 20.4. The standard InChI is InChI=1S/C11H8Cl4O/c12-9(13)5-3-7-1-2-8(11(7)16)4-6-10(14)15/h3-6H,1-2H2/b7-3-,8-4+. The molecule has 0 unspecified atom stereocenters. The quantitative estimate of drug-likeness (QED) is 0.667. The van der Waals surface area contributed by atoms with E-state index in [0.717, 1.165) is 0 Å². The predicted molar refractivity (Wildman–Crippen MR) is 70.0 cm³/mol. The van der Waals surface area contributed by atoms with Crippen LogP contribution < -0.4 is 0 Å². The molecule has 1 nitrogen and oxygen atoms in total. The largest absolute Gasteiger partial charge is 0.289 e. The minimum absolute atomic E-state index is 0.0170. The van der Waals surface area contributed by atoms with Gasteiger partial charge in [-0.15, -0.1) is 0 Å². The Bertz CT molecular complexity index is 370. The molecule has 0 radical (unpaired) electrons. The monoisotopic (exact) mass is 296 g/mol. The highest BCUT2D eigenvalue weighted by Crippen LogP contribution is 2.27. The molecule has 0 bridgehead atoms. The predicted octanol–water partition coefficient (Wildman–Crippen LogP) is 4.84. The maximum absolute atomic E-state index is 11.8. The van der Waals surface area contributed by atoms with E-state index >= 15 is 0 Å². The van der Waals surface area contributed by atoms with Gasteiger partial charge in [-0.1, -0.05) is 58.6 Å². The van der Waals surface area contributed by atoms with Crippen LogP contribution in [-0.4, -0.2) is 5.78 Å². The summed E-state index contributed by atoms with van der Waals surface area (Å²) in [6.07, 6.45) is 7.59. The Morgan fingerprint density at radius 2 is 1.25 bits per heavy atom. The van der Waals surface area contributed by atoms with Crippen molar-refractivity contribution in [3.63, 3.8) is 0 Å². The average molecular weight is 298 g/mol. The van der Waals surface area contributed by atoms with E-state index in [0.29, 0.717) is 24.0 Å². The summed E-state index contributed by atoms with van der Waals surface area (Å²) in [5, 5.41) is 0. The smallest absolute Gasteiger partial charge is 0.185 e. The van der Waals surface area contributed by atoms with E-state index in [1.807, 2.05) is 0 Å². The molecule has 0 aliphatic heterocycles. The number of allylic oxidation sites excluding steroid dienone is 6. The zero-order valence-electron chi connectivity index (χ0n) is 8.14. The van der Waals surface area contributed by atoms with E-state index in [1.54, 1.807) is 12.2 Å². The fraction of sp³-hybridized carbons (Fsp3) is 0.182. The van der Waals surface area contributed by atoms with Crippen molar-refractivity contribution in [1.29, 1.82) is 0 Å². The molecule has 0 aromatic heterocycles. The molecule has 0 saturated heterocycles. The Hall–Kier alpha value is -0.210. The van der Waals surface area contributed by atoms with Crippen LogP contribution in [0.2, 0.25) is 0 Å². The number of ketones is 1. The van der Waals surface area contributed by atoms with Crippen molar-refractivity contribution >= 4 is 52.2 Å². The third kappa shape index (κ3) is 4.34. The molecule has 1 rings (SSSR count). The van der Waals surface area contributed by atoms with Crippen molar-refractivity contribution in [3.8, 4) is 0 Å². The molecule has 0 heterocycles. The molecule has 1 saturated carbocycles. The number of rotatable bonds is 2. The van der Waals surface area contributed by atoms with Crippen LogP contribution in [0.25, 0.3) is 0 Å². The van der Waals surface area contributed by atoms with Gasteiger partial charge in [0.05, 0.1) is 0 Å². The minimum atomic E-state index is -0.0170. The highest BCUT2D eigenvalue weighted by atomic mass is 35.5. The molecule has 0 spiro atoms. The van der Waals surface area contributed by atoms with E-state index in [-0.39, 0.29) is 14.8 Å². The number of Topliss-reactive ketones (excluding diaryl/α,β-unsaturated/α-hetero) is 1. The molecule has 0 N–H and O–H groups in total. The van der Waals surface area contributed by atoms with Crippen LogP contribution in [0, 0.1) is 0 Å². The lowest BCUT2D eigenvalue weighted by Crippen LogP contribution is -1.94. The fourth-order valence-corrected chi connectivity index (χ4v) is 1.60. The minimum Gasteiger partial charge on any atom is -0.289 e. The van der Waals surface area contributed by atoms with Crippen LogP contribution in [0.4, 0.5) is 0 Å². The second kappa shape index (κ2) is 6.51. The van der Waals surface area contributed by atoms with Gasteiger partial charge in [-0.25, -0.2) is 0 Å². The van der Waals surface area contributed by atoms with Crippen LogP contribution in [0.5, 0.6) is 0 Å². The topological polar surface area (TPSA) is 17.1 Å². The molecule has 1 aliphatic rings. The molecular weight excluding hydrogens is 290 g/mol. The van der Waals surface area contributed by atoms with E-state index in [1.165, 1.54) is 12.2 Å². The Labute approximate surface area is 114 Å². The summed E-state index contributed by atoms with van der Waals surface area (Å²) in [5.41, 5.74) is 1.37. The van der Waals surface area contributed by atoms with E-state index in [9.17, 15) is 4.79 Å². The van der Waals surface area contributed by atoms with Gasteiger partial charge >= 0.3 is 0 Å². The molecule has 86 valence electrons. The molecule has 0 amide bonds. The van der Waals surface area contributed by atoms with Gasteiger partial charge in [-0.05, 0) is 25.0 Å². The molecular formula is C11H8Cl4O. The van der Waals surface area contributed by atoms with Gasteiger partial charge in [-0.3, -0.25) is 4.79 Å². The van der Waals surface area contributed by atoms with Crippen LogP contribution >= 0.6 is 46.4 Å². The van der Waals surface area contributed by atoms with Crippen LogP contribution in [0.3, 0.4) is 0 Å². The van der Waals surface area contributed by atoms with Gasteiger partial charge in [0.15, 0.2) is 5.78 Å². The lowest BCUT2D eigenvalue weighted by atomic mass is 10.1. The Balaban J connectivity index is 2.83. The molecule has 0 aromatic carbocycles. The van der Waals surface area contributed by atoms with Gasteiger partial charge in [0.2, 0.25) is 0 Å². The van der Waals surface area contributed by atoms with Gasteiger partial charge < -0.3 is 0 Å². The molecule has 5 heteroatoms. The van der Waals surface area contributed by atoms with Gasteiger partial charge in [0.25, 0.3) is 0 Å². The number of halogens is 4. The highest BCUT2D eigenvalue weighted by molar-refractivity contribution is 6.56. The first-order valence-corrected chi connectivity index (χ1v) is 6.00. The van der Waals surface area contributed by atoms with Crippen LogP contribution in [-0.2, 0) is 4.79 Å². The zero-order valence-corrected chi connectivity index (χ0v) is 11.2. The highest BCUT2D eigenvalue weighted by Gasteiger charge is 2.21.